The summed E-state index contributed by atoms with van der Waals surface area (Å²) < 4.78 is 0. The van der Waals surface area contributed by atoms with Gasteiger partial charge in [0.05, 0.1) is 0 Å². The van der Waals surface area contributed by atoms with Crippen LogP contribution < -0.4 is 5.32 Å². The smallest absolute Gasteiger partial charge is 0.0234 e. The lowest BCUT2D eigenvalue weighted by Gasteiger charge is -2.27. The van der Waals surface area contributed by atoms with Gasteiger partial charge in [-0.05, 0) is 42.4 Å². The van der Waals surface area contributed by atoms with Gasteiger partial charge in [0.2, 0.25) is 0 Å². The van der Waals surface area contributed by atoms with Gasteiger partial charge in [-0.3, -0.25) is 4.90 Å². The summed E-state index contributed by atoms with van der Waals surface area (Å²) in [6.45, 7) is 5.80. The number of nitrogens with one attached hydrogen (secondary N) is 1. The monoisotopic (exact) mass is 244 g/mol. The average molecular weight is 244 g/mol. The van der Waals surface area contributed by atoms with Crippen molar-refractivity contribution in [2.45, 2.75) is 38.6 Å². The molecule has 1 saturated heterocycles. The number of piperazine rings is 1. The van der Waals surface area contributed by atoms with Crippen molar-refractivity contribution in [2.75, 3.05) is 26.2 Å². The molecule has 0 radical (unpaired) electrons. The van der Waals surface area contributed by atoms with Crippen LogP contribution in [0.15, 0.2) is 18.2 Å². The molecule has 1 fully saturated rings. The van der Waals surface area contributed by atoms with E-state index in [1.807, 2.05) is 0 Å². The fraction of sp³-hybridized carbons (Fsp3) is 0.625. The molecular formula is C16H24N2. The fourth-order valence-corrected chi connectivity index (χ4v) is 3.19. The van der Waals surface area contributed by atoms with Crippen molar-refractivity contribution in [1.29, 1.82) is 0 Å². The van der Waals surface area contributed by atoms with Gasteiger partial charge in [-0.2, -0.15) is 0 Å². The Hall–Kier alpha value is -0.860. The first kappa shape index (κ1) is 12.2. The second-order valence-corrected chi connectivity index (χ2v) is 5.69. The highest BCUT2D eigenvalue weighted by molar-refractivity contribution is 5.33. The molecule has 2 nitrogen and oxygen atoms in total. The maximum atomic E-state index is 3.42. The van der Waals surface area contributed by atoms with E-state index in [1.165, 1.54) is 50.8 Å². The Morgan fingerprint density at radius 1 is 0.944 bits per heavy atom. The van der Waals surface area contributed by atoms with Crippen LogP contribution in [0.25, 0.3) is 0 Å². The van der Waals surface area contributed by atoms with Crippen LogP contribution in [0, 0.1) is 0 Å². The van der Waals surface area contributed by atoms with Crippen LogP contribution in [0.4, 0.5) is 0 Å². The van der Waals surface area contributed by atoms with Crippen LogP contribution in [-0.4, -0.2) is 31.1 Å². The molecule has 98 valence electrons. The van der Waals surface area contributed by atoms with Gasteiger partial charge in [-0.25, -0.2) is 0 Å². The van der Waals surface area contributed by atoms with Crippen molar-refractivity contribution in [3.05, 3.63) is 34.9 Å². The summed E-state index contributed by atoms with van der Waals surface area (Å²) in [5.74, 6) is 0. The van der Waals surface area contributed by atoms with Crippen molar-refractivity contribution < 1.29 is 0 Å². The van der Waals surface area contributed by atoms with Crippen LogP contribution in [0.2, 0.25) is 0 Å². The summed E-state index contributed by atoms with van der Waals surface area (Å²) in [5.41, 5.74) is 4.74. The van der Waals surface area contributed by atoms with Crippen molar-refractivity contribution in [2.24, 2.45) is 0 Å². The first-order valence-corrected chi connectivity index (χ1v) is 7.45. The average Bonchev–Trinajstić information content (AvgIpc) is 2.64. The molecule has 1 heterocycles. The largest absolute Gasteiger partial charge is 0.314 e. The van der Waals surface area contributed by atoms with E-state index in [2.05, 4.69) is 28.4 Å². The van der Waals surface area contributed by atoms with E-state index in [4.69, 9.17) is 0 Å². The van der Waals surface area contributed by atoms with E-state index in [-0.39, 0.29) is 0 Å². The molecule has 1 aromatic carbocycles. The Balaban J connectivity index is 1.70. The van der Waals surface area contributed by atoms with E-state index in [1.54, 1.807) is 11.1 Å². The van der Waals surface area contributed by atoms with Gasteiger partial charge in [-0.15, -0.1) is 0 Å². The zero-order chi connectivity index (χ0) is 12.2. The van der Waals surface area contributed by atoms with E-state index in [0.717, 1.165) is 19.6 Å². The second kappa shape index (κ2) is 5.85. The maximum absolute atomic E-state index is 3.42. The molecule has 2 aliphatic rings. The van der Waals surface area contributed by atoms with Gasteiger partial charge in [0.25, 0.3) is 0 Å². The third-order valence-electron chi connectivity index (χ3n) is 4.28. The van der Waals surface area contributed by atoms with E-state index < -0.39 is 0 Å². The minimum atomic E-state index is 1.13. The topological polar surface area (TPSA) is 15.3 Å². The summed E-state index contributed by atoms with van der Waals surface area (Å²) >= 11 is 0. The Bertz CT molecular complexity index is 394. The minimum Gasteiger partial charge on any atom is -0.314 e. The summed E-state index contributed by atoms with van der Waals surface area (Å²) in [4.78, 5) is 2.56. The number of hydrogen-bond acceptors (Lipinski definition) is 2. The third-order valence-corrected chi connectivity index (χ3v) is 4.28. The van der Waals surface area contributed by atoms with Crippen LogP contribution in [0.1, 0.15) is 36.0 Å². The summed E-state index contributed by atoms with van der Waals surface area (Å²) in [6, 6.07) is 7.22. The Morgan fingerprint density at radius 2 is 1.72 bits per heavy atom. The van der Waals surface area contributed by atoms with Gasteiger partial charge >= 0.3 is 0 Å². The number of benzene rings is 1. The summed E-state index contributed by atoms with van der Waals surface area (Å²) in [5, 5.41) is 3.42. The Kier molecular flexibility index (Phi) is 3.96. The summed E-state index contributed by atoms with van der Waals surface area (Å²) in [6.07, 6.45) is 6.75. The molecule has 0 spiro atoms. The van der Waals surface area contributed by atoms with Crippen LogP contribution in [0.3, 0.4) is 0 Å². The molecule has 0 atom stereocenters. The molecule has 1 aliphatic heterocycles. The zero-order valence-electron chi connectivity index (χ0n) is 11.3. The molecule has 0 aromatic heterocycles. The Morgan fingerprint density at radius 3 is 2.56 bits per heavy atom. The quantitative estimate of drug-likeness (QED) is 0.804. The lowest BCUT2D eigenvalue weighted by atomic mass is 10.00. The summed E-state index contributed by atoms with van der Waals surface area (Å²) in [7, 11) is 0. The zero-order valence-corrected chi connectivity index (χ0v) is 11.3. The third kappa shape index (κ3) is 2.93. The van der Waals surface area contributed by atoms with E-state index in [0.29, 0.717) is 0 Å². The van der Waals surface area contributed by atoms with Crippen LogP contribution in [-0.2, 0) is 19.4 Å². The van der Waals surface area contributed by atoms with Gasteiger partial charge in [0.15, 0.2) is 0 Å². The van der Waals surface area contributed by atoms with Crippen molar-refractivity contribution >= 4 is 0 Å². The number of nitrogens with zero attached hydrogens (tertiary/aromatic N) is 1. The predicted octanol–water partition coefficient (Wildman–Crippen LogP) is 2.36. The van der Waals surface area contributed by atoms with E-state index >= 15 is 0 Å². The van der Waals surface area contributed by atoms with Crippen molar-refractivity contribution in [3.63, 3.8) is 0 Å². The van der Waals surface area contributed by atoms with Crippen LogP contribution in [0.5, 0.6) is 0 Å². The van der Waals surface area contributed by atoms with Gasteiger partial charge in [0, 0.05) is 32.7 Å². The highest BCUT2D eigenvalue weighted by Gasteiger charge is 2.12. The molecule has 1 N–H and O–H groups in total. The molecule has 0 unspecified atom stereocenters. The maximum Gasteiger partial charge on any atom is 0.0234 e. The molecule has 1 aromatic rings. The van der Waals surface area contributed by atoms with E-state index in [9.17, 15) is 0 Å². The number of aryl methyl sites for hydroxylation is 2. The standard InChI is InChI=1S/C16H24N2/c1-2-4-15-7-6-14(12-16(15)5-3-1)13-18-10-8-17-9-11-18/h6-7,12,17H,1-5,8-11,13H2. The normalized spacial score (nSPS) is 21.3. The second-order valence-electron chi connectivity index (χ2n) is 5.69. The first-order valence-electron chi connectivity index (χ1n) is 7.45. The Labute approximate surface area is 110 Å². The lowest BCUT2D eigenvalue weighted by Crippen LogP contribution is -2.42. The van der Waals surface area contributed by atoms with Crippen LogP contribution >= 0.6 is 0 Å². The number of rotatable bonds is 2. The molecule has 1 aliphatic carbocycles. The molecule has 0 amide bonds. The highest BCUT2D eigenvalue weighted by atomic mass is 15.2. The fourth-order valence-electron chi connectivity index (χ4n) is 3.19. The molecular weight excluding hydrogens is 220 g/mol. The lowest BCUT2D eigenvalue weighted by molar-refractivity contribution is 0.233. The van der Waals surface area contributed by atoms with Crippen molar-refractivity contribution in [1.82, 2.24) is 10.2 Å². The molecule has 3 rings (SSSR count). The van der Waals surface area contributed by atoms with Crippen molar-refractivity contribution in [3.8, 4) is 0 Å². The molecule has 2 heteroatoms. The SMILES string of the molecule is c1cc2c(cc1CN1CCNCC1)CCCCC2. The number of fused-ring (bicyclic) bond motifs is 1. The van der Waals surface area contributed by atoms with Gasteiger partial charge < -0.3 is 5.32 Å². The van der Waals surface area contributed by atoms with Gasteiger partial charge in [0.1, 0.15) is 0 Å². The highest BCUT2D eigenvalue weighted by Crippen LogP contribution is 2.22. The molecule has 0 saturated carbocycles. The predicted molar refractivity (Wildman–Crippen MR) is 75.8 cm³/mol. The van der Waals surface area contributed by atoms with Gasteiger partial charge in [-0.1, -0.05) is 24.6 Å². The minimum absolute atomic E-state index is 1.13. The molecule has 18 heavy (non-hydrogen) atoms. The first-order chi connectivity index (χ1) is 8.92. The number of hydrogen-bond donors (Lipinski definition) is 1. The molecule has 0 bridgehead atoms.